The molecule has 0 atom stereocenters. The number of nitrogens with zero attached hydrogens (tertiary/aromatic N) is 2. The molecule has 8 heteroatoms. The summed E-state index contributed by atoms with van der Waals surface area (Å²) in [6.45, 7) is 7.39. The zero-order chi connectivity index (χ0) is 16.5. The molecule has 0 unspecified atom stereocenters. The van der Waals surface area contributed by atoms with E-state index in [-0.39, 0.29) is 11.4 Å². The van der Waals surface area contributed by atoms with Crippen molar-refractivity contribution in [3.05, 3.63) is 0 Å². The van der Waals surface area contributed by atoms with Gasteiger partial charge in [-0.15, -0.1) is 0 Å². The Bertz CT molecular complexity index is 421. The zero-order valence-corrected chi connectivity index (χ0v) is 14.9. The lowest BCUT2D eigenvalue weighted by Crippen LogP contribution is -2.45. The van der Waals surface area contributed by atoms with E-state index in [0.717, 1.165) is 0 Å². The molecule has 0 aliphatic rings. The van der Waals surface area contributed by atoms with Gasteiger partial charge in [-0.05, 0) is 27.2 Å². The van der Waals surface area contributed by atoms with Crippen LogP contribution in [0, 0.1) is 0 Å². The number of sulfonamides is 1. The van der Waals surface area contributed by atoms with Crippen molar-refractivity contribution in [3.8, 4) is 0 Å². The van der Waals surface area contributed by atoms with Crippen LogP contribution in [0.4, 0.5) is 0 Å². The first-order valence-electron chi connectivity index (χ1n) is 7.12. The molecule has 0 rings (SSSR count). The van der Waals surface area contributed by atoms with Crippen LogP contribution in [-0.4, -0.2) is 70.9 Å². The predicted molar refractivity (Wildman–Crippen MR) is 87.2 cm³/mol. The van der Waals surface area contributed by atoms with Crippen LogP contribution in [0.15, 0.2) is 4.99 Å². The van der Waals surface area contributed by atoms with Crippen LogP contribution in [0.5, 0.6) is 0 Å². The van der Waals surface area contributed by atoms with Gasteiger partial charge in [-0.25, -0.2) is 12.7 Å². The van der Waals surface area contributed by atoms with Gasteiger partial charge in [0.1, 0.15) is 0 Å². The van der Waals surface area contributed by atoms with Crippen molar-refractivity contribution in [2.24, 2.45) is 4.99 Å². The Hall–Kier alpha value is -0.860. The van der Waals surface area contributed by atoms with Crippen molar-refractivity contribution in [2.45, 2.75) is 32.8 Å². The molecular formula is C13H30N4O3S. The van der Waals surface area contributed by atoms with Crippen LogP contribution in [0.3, 0.4) is 0 Å². The normalized spacial score (nSPS) is 13.6. The molecule has 0 saturated heterocycles. The van der Waals surface area contributed by atoms with Crippen molar-refractivity contribution in [1.82, 2.24) is 14.9 Å². The number of rotatable bonds is 9. The molecule has 0 saturated carbocycles. The highest BCUT2D eigenvalue weighted by Crippen LogP contribution is 2.04. The molecule has 0 radical (unpaired) electrons. The number of ether oxygens (including phenoxy) is 1. The number of aliphatic imine (C=N–C) groups is 1. The monoisotopic (exact) mass is 322 g/mol. The van der Waals surface area contributed by atoms with Crippen molar-refractivity contribution < 1.29 is 13.2 Å². The minimum absolute atomic E-state index is 0.131. The third-order valence-corrected chi connectivity index (χ3v) is 5.10. The Balaban J connectivity index is 4.05. The summed E-state index contributed by atoms with van der Waals surface area (Å²) in [6.07, 6.45) is 0.712. The Morgan fingerprint density at radius 3 is 2.43 bits per heavy atom. The molecule has 0 aromatic rings. The zero-order valence-electron chi connectivity index (χ0n) is 14.1. The molecule has 0 aromatic carbocycles. The number of methoxy groups -OCH3 is 1. The minimum atomic E-state index is -3.09. The lowest BCUT2D eigenvalue weighted by Gasteiger charge is -2.24. The molecule has 7 nitrogen and oxygen atoms in total. The topological polar surface area (TPSA) is 83.0 Å². The number of hydrogen-bond donors (Lipinski definition) is 2. The van der Waals surface area contributed by atoms with E-state index in [1.807, 2.05) is 13.8 Å². The highest BCUT2D eigenvalue weighted by atomic mass is 32.2. The quantitative estimate of drug-likeness (QED) is 0.361. The Morgan fingerprint density at radius 1 is 1.33 bits per heavy atom. The van der Waals surface area contributed by atoms with Crippen LogP contribution >= 0.6 is 0 Å². The summed E-state index contributed by atoms with van der Waals surface area (Å²) in [5.41, 5.74) is -0.271. The second-order valence-corrected chi connectivity index (χ2v) is 7.76. The molecule has 0 spiro atoms. The smallest absolute Gasteiger partial charge is 0.213 e. The molecule has 126 valence electrons. The second-order valence-electron chi connectivity index (χ2n) is 5.39. The van der Waals surface area contributed by atoms with Gasteiger partial charge in [0, 0.05) is 40.8 Å². The van der Waals surface area contributed by atoms with E-state index in [2.05, 4.69) is 15.6 Å². The van der Waals surface area contributed by atoms with Gasteiger partial charge in [0.15, 0.2) is 5.96 Å². The molecule has 0 bridgehead atoms. The summed E-state index contributed by atoms with van der Waals surface area (Å²) in [4.78, 5) is 4.11. The third kappa shape index (κ3) is 8.23. The Kier molecular flexibility index (Phi) is 8.84. The summed E-state index contributed by atoms with van der Waals surface area (Å²) < 4.78 is 29.9. The van der Waals surface area contributed by atoms with E-state index in [1.54, 1.807) is 28.1 Å². The molecule has 0 heterocycles. The lowest BCUT2D eigenvalue weighted by molar-refractivity contribution is 0.0268. The second kappa shape index (κ2) is 9.22. The Labute approximate surface area is 129 Å². The van der Waals surface area contributed by atoms with Crippen molar-refractivity contribution in [2.75, 3.05) is 46.6 Å². The van der Waals surface area contributed by atoms with Gasteiger partial charge in [-0.2, -0.15) is 0 Å². The van der Waals surface area contributed by atoms with Gasteiger partial charge >= 0.3 is 0 Å². The van der Waals surface area contributed by atoms with E-state index in [1.165, 1.54) is 4.31 Å². The summed E-state index contributed by atoms with van der Waals surface area (Å²) in [7, 11) is 1.88. The van der Waals surface area contributed by atoms with Crippen LogP contribution in [-0.2, 0) is 14.8 Å². The van der Waals surface area contributed by atoms with Crippen molar-refractivity contribution >= 4 is 16.0 Å². The highest BCUT2D eigenvalue weighted by molar-refractivity contribution is 7.89. The summed E-state index contributed by atoms with van der Waals surface area (Å²) >= 11 is 0. The van der Waals surface area contributed by atoms with Crippen molar-refractivity contribution in [1.29, 1.82) is 0 Å². The van der Waals surface area contributed by atoms with Crippen LogP contribution in [0.2, 0.25) is 0 Å². The maximum Gasteiger partial charge on any atom is 0.213 e. The van der Waals surface area contributed by atoms with Gasteiger partial charge in [0.05, 0.1) is 11.4 Å². The average molecular weight is 322 g/mol. The fraction of sp³-hybridized carbons (Fsp3) is 0.923. The third-order valence-electron chi connectivity index (χ3n) is 3.24. The van der Waals surface area contributed by atoms with E-state index in [4.69, 9.17) is 4.74 Å². The van der Waals surface area contributed by atoms with E-state index in [0.29, 0.717) is 32.0 Å². The molecule has 0 aliphatic carbocycles. The van der Waals surface area contributed by atoms with Gasteiger partial charge in [0.25, 0.3) is 0 Å². The SMILES string of the molecule is CCS(=O)(=O)N(C)CCCNC(=NC)NCC(C)(C)OC. The first kappa shape index (κ1) is 20.1. The summed E-state index contributed by atoms with van der Waals surface area (Å²) in [5, 5.41) is 6.32. The minimum Gasteiger partial charge on any atom is -0.377 e. The number of hydrogen-bond acceptors (Lipinski definition) is 4. The van der Waals surface area contributed by atoms with Gasteiger partial charge in [0.2, 0.25) is 10.0 Å². The summed E-state index contributed by atoms with van der Waals surface area (Å²) in [6, 6.07) is 0. The fourth-order valence-electron chi connectivity index (χ4n) is 1.46. The maximum absolute atomic E-state index is 11.6. The standard InChI is InChI=1S/C13H30N4O3S/c1-7-21(18,19)17(5)10-8-9-15-12(14-4)16-11-13(2,3)20-6/h7-11H2,1-6H3,(H2,14,15,16). The number of nitrogens with one attached hydrogen (secondary N) is 2. The first-order chi connectivity index (χ1) is 9.68. The van der Waals surface area contributed by atoms with E-state index < -0.39 is 10.0 Å². The molecule has 0 amide bonds. The summed E-state index contributed by atoms with van der Waals surface area (Å²) in [5.74, 6) is 0.813. The van der Waals surface area contributed by atoms with Crippen molar-refractivity contribution in [3.63, 3.8) is 0 Å². The lowest BCUT2D eigenvalue weighted by atomic mass is 10.1. The molecule has 21 heavy (non-hydrogen) atoms. The van der Waals surface area contributed by atoms with Gasteiger partial charge < -0.3 is 15.4 Å². The van der Waals surface area contributed by atoms with E-state index in [9.17, 15) is 8.42 Å². The largest absolute Gasteiger partial charge is 0.377 e. The maximum atomic E-state index is 11.6. The fourth-order valence-corrected chi connectivity index (χ4v) is 2.31. The van der Waals surface area contributed by atoms with Gasteiger partial charge in [-0.1, -0.05) is 0 Å². The molecular weight excluding hydrogens is 292 g/mol. The predicted octanol–water partition coefficient (Wildman–Crippen LogP) is 0.248. The number of guanidine groups is 1. The highest BCUT2D eigenvalue weighted by Gasteiger charge is 2.17. The van der Waals surface area contributed by atoms with Gasteiger partial charge in [-0.3, -0.25) is 4.99 Å². The van der Waals surface area contributed by atoms with E-state index >= 15 is 0 Å². The van der Waals surface area contributed by atoms with Crippen LogP contribution in [0.1, 0.15) is 27.2 Å². The van der Waals surface area contributed by atoms with Crippen LogP contribution in [0.25, 0.3) is 0 Å². The average Bonchev–Trinajstić information content (AvgIpc) is 2.46. The molecule has 0 aliphatic heterocycles. The first-order valence-corrected chi connectivity index (χ1v) is 8.73. The van der Waals surface area contributed by atoms with Crippen LogP contribution < -0.4 is 10.6 Å². The Morgan fingerprint density at radius 2 is 1.95 bits per heavy atom. The molecule has 0 aromatic heterocycles. The molecule has 2 N–H and O–H groups in total. The molecule has 0 fully saturated rings.